The zero-order chi connectivity index (χ0) is 22.9. The average molecular weight is 505 g/mol. The number of nitrogens with one attached hydrogen (secondary N) is 2. The number of hydrogen-bond donors (Lipinski definition) is 4. The topological polar surface area (TPSA) is 133 Å². The summed E-state index contributed by atoms with van der Waals surface area (Å²) in [6, 6.07) is 11.4. The molecular formula is C21H17BrN2O6S. The minimum Gasteiger partial charge on any atom is -0.507 e. The quantitative estimate of drug-likeness (QED) is 0.304. The molecule has 8 nitrogen and oxygen atoms in total. The average Bonchev–Trinajstić information content (AvgIpc) is 2.66. The third-order valence-electron chi connectivity index (χ3n) is 4.32. The molecule has 0 aliphatic heterocycles. The number of carbonyl (C=O) groups is 2. The zero-order valence-corrected chi connectivity index (χ0v) is 18.5. The van der Waals surface area contributed by atoms with Crippen molar-refractivity contribution in [1.82, 2.24) is 0 Å². The summed E-state index contributed by atoms with van der Waals surface area (Å²) in [6.07, 6.45) is 0. The number of aromatic hydroxyl groups is 1. The Morgan fingerprint density at radius 3 is 2.42 bits per heavy atom. The van der Waals surface area contributed by atoms with Gasteiger partial charge in [-0.15, -0.1) is 0 Å². The maximum absolute atomic E-state index is 12.8. The number of phenols is 1. The van der Waals surface area contributed by atoms with E-state index >= 15 is 0 Å². The number of amides is 2. The second-order valence-electron chi connectivity index (χ2n) is 6.72. The summed E-state index contributed by atoms with van der Waals surface area (Å²) >= 11 is 2.97. The first-order valence-electron chi connectivity index (χ1n) is 8.78. The van der Waals surface area contributed by atoms with Gasteiger partial charge in [0.15, 0.2) is 0 Å². The first-order chi connectivity index (χ1) is 14.5. The molecule has 0 unspecified atom stereocenters. The molecule has 3 aromatic rings. The van der Waals surface area contributed by atoms with Crippen LogP contribution in [0.15, 0.2) is 64.5 Å². The van der Waals surface area contributed by atoms with Gasteiger partial charge in [0.05, 0.1) is 15.1 Å². The molecule has 2 amide bonds. The molecular weight excluding hydrogens is 488 g/mol. The second-order valence-corrected chi connectivity index (χ2v) is 9.10. The lowest BCUT2D eigenvalue weighted by molar-refractivity contribution is -0.112. The van der Waals surface area contributed by atoms with Crippen LogP contribution in [0, 0.1) is 6.92 Å². The minimum atomic E-state index is -4.56. The van der Waals surface area contributed by atoms with Crippen molar-refractivity contribution in [3.63, 3.8) is 0 Å². The van der Waals surface area contributed by atoms with E-state index in [1.54, 1.807) is 25.1 Å². The van der Waals surface area contributed by atoms with Crippen molar-refractivity contribution in [2.24, 2.45) is 0 Å². The highest BCUT2D eigenvalue weighted by Gasteiger charge is 2.18. The normalized spacial score (nSPS) is 11.2. The smallest absolute Gasteiger partial charge is 0.294 e. The fraction of sp³-hybridized carbons (Fsp3) is 0.0476. The molecule has 160 valence electrons. The number of rotatable bonds is 5. The van der Waals surface area contributed by atoms with E-state index in [1.807, 2.05) is 0 Å². The molecule has 4 N–H and O–H groups in total. The fourth-order valence-electron chi connectivity index (χ4n) is 2.99. The summed E-state index contributed by atoms with van der Waals surface area (Å²) in [5.74, 6) is -1.27. The Hall–Kier alpha value is -3.21. The summed E-state index contributed by atoms with van der Waals surface area (Å²) in [7, 11) is -4.56. The molecule has 0 fully saturated rings. The van der Waals surface area contributed by atoms with Gasteiger partial charge in [-0.25, -0.2) is 0 Å². The zero-order valence-electron chi connectivity index (χ0n) is 16.1. The van der Waals surface area contributed by atoms with Crippen LogP contribution in [0.1, 0.15) is 15.9 Å². The van der Waals surface area contributed by atoms with Crippen LogP contribution in [-0.2, 0) is 14.9 Å². The van der Waals surface area contributed by atoms with Gasteiger partial charge in [-0.05, 0) is 70.2 Å². The van der Waals surface area contributed by atoms with Crippen LogP contribution in [0.5, 0.6) is 5.75 Å². The molecule has 0 heterocycles. The lowest BCUT2D eigenvalue weighted by Crippen LogP contribution is -2.15. The highest BCUT2D eigenvalue weighted by atomic mass is 79.9. The number of halogens is 1. The minimum absolute atomic E-state index is 0.00380. The Balaban J connectivity index is 2.04. The molecule has 0 aliphatic carbocycles. The summed E-state index contributed by atoms with van der Waals surface area (Å²) in [4.78, 5) is 24.2. The SMILES string of the molecule is C=C(Br)C(=O)Nc1cccc(C(=O)Nc2cc(S(=O)(=O)O)cc3cc(C)cc(O)c23)c1. The van der Waals surface area contributed by atoms with Crippen molar-refractivity contribution in [3.05, 3.63) is 70.7 Å². The molecule has 0 aromatic heterocycles. The van der Waals surface area contributed by atoms with Gasteiger partial charge >= 0.3 is 0 Å². The predicted octanol–water partition coefficient (Wildman–Crippen LogP) is 4.20. The van der Waals surface area contributed by atoms with Crippen LogP contribution in [0.4, 0.5) is 11.4 Å². The number of benzene rings is 3. The van der Waals surface area contributed by atoms with Crippen molar-refractivity contribution < 1.29 is 27.7 Å². The van der Waals surface area contributed by atoms with E-state index in [2.05, 4.69) is 33.1 Å². The third kappa shape index (κ3) is 5.10. The third-order valence-corrected chi connectivity index (χ3v) is 5.51. The van der Waals surface area contributed by atoms with Crippen LogP contribution in [0.25, 0.3) is 10.8 Å². The van der Waals surface area contributed by atoms with E-state index in [0.717, 1.165) is 6.07 Å². The maximum Gasteiger partial charge on any atom is 0.294 e. The monoisotopic (exact) mass is 504 g/mol. The lowest BCUT2D eigenvalue weighted by atomic mass is 10.0. The molecule has 0 spiro atoms. The van der Waals surface area contributed by atoms with E-state index in [9.17, 15) is 27.7 Å². The molecule has 0 saturated carbocycles. The van der Waals surface area contributed by atoms with Crippen molar-refractivity contribution >= 4 is 60.0 Å². The molecule has 10 heteroatoms. The van der Waals surface area contributed by atoms with E-state index in [1.165, 1.54) is 24.3 Å². The van der Waals surface area contributed by atoms with Gasteiger partial charge in [-0.2, -0.15) is 8.42 Å². The van der Waals surface area contributed by atoms with Crippen molar-refractivity contribution in [2.75, 3.05) is 10.6 Å². The van der Waals surface area contributed by atoms with Crippen molar-refractivity contribution in [2.45, 2.75) is 11.8 Å². The van der Waals surface area contributed by atoms with Gasteiger partial charge in [-0.3, -0.25) is 14.1 Å². The summed E-state index contributed by atoms with van der Waals surface area (Å²) in [5, 5.41) is 16.0. The van der Waals surface area contributed by atoms with E-state index < -0.39 is 26.8 Å². The number of fused-ring (bicyclic) bond motifs is 1. The van der Waals surface area contributed by atoms with Gasteiger partial charge in [0.2, 0.25) is 0 Å². The lowest BCUT2D eigenvalue weighted by Gasteiger charge is -2.13. The number of carbonyl (C=O) groups excluding carboxylic acids is 2. The van der Waals surface area contributed by atoms with Gasteiger partial charge in [0.1, 0.15) is 5.75 Å². The number of phenolic OH excluding ortho intramolecular Hbond substituents is 1. The molecule has 0 saturated heterocycles. The number of anilines is 2. The highest BCUT2D eigenvalue weighted by Crippen LogP contribution is 2.35. The largest absolute Gasteiger partial charge is 0.507 e. The predicted molar refractivity (Wildman–Crippen MR) is 121 cm³/mol. The Morgan fingerprint density at radius 2 is 1.77 bits per heavy atom. The van der Waals surface area contributed by atoms with E-state index in [0.29, 0.717) is 16.6 Å². The molecule has 0 bridgehead atoms. The van der Waals surface area contributed by atoms with Gasteiger partial charge in [-0.1, -0.05) is 18.7 Å². The fourth-order valence-corrected chi connectivity index (χ4v) is 3.63. The summed E-state index contributed by atoms with van der Waals surface area (Å²) in [6.45, 7) is 5.18. The summed E-state index contributed by atoms with van der Waals surface area (Å²) < 4.78 is 33.0. The number of aryl methyl sites for hydroxylation is 1. The van der Waals surface area contributed by atoms with Crippen LogP contribution in [-0.4, -0.2) is 29.9 Å². The summed E-state index contributed by atoms with van der Waals surface area (Å²) in [5.41, 5.74) is 1.16. The Kier molecular flexibility index (Phi) is 6.16. The van der Waals surface area contributed by atoms with Gasteiger partial charge in [0, 0.05) is 16.6 Å². The number of hydrogen-bond acceptors (Lipinski definition) is 5. The molecule has 3 rings (SSSR count). The van der Waals surface area contributed by atoms with Crippen molar-refractivity contribution in [3.8, 4) is 5.75 Å². The van der Waals surface area contributed by atoms with E-state index in [4.69, 9.17) is 0 Å². The Morgan fingerprint density at radius 1 is 1.06 bits per heavy atom. The molecule has 0 radical (unpaired) electrons. The molecule has 0 aliphatic rings. The molecule has 3 aromatic carbocycles. The Bertz CT molecular complexity index is 1350. The van der Waals surface area contributed by atoms with Crippen LogP contribution in [0.2, 0.25) is 0 Å². The Labute approximate surface area is 186 Å². The van der Waals surface area contributed by atoms with Crippen LogP contribution < -0.4 is 10.6 Å². The maximum atomic E-state index is 12.8. The van der Waals surface area contributed by atoms with Gasteiger partial charge in [0.25, 0.3) is 21.9 Å². The molecule has 0 atom stereocenters. The first kappa shape index (κ1) is 22.5. The molecule has 31 heavy (non-hydrogen) atoms. The van der Waals surface area contributed by atoms with Gasteiger partial charge < -0.3 is 15.7 Å². The van der Waals surface area contributed by atoms with Crippen LogP contribution in [0.3, 0.4) is 0 Å². The first-order valence-corrected chi connectivity index (χ1v) is 11.0. The van der Waals surface area contributed by atoms with Crippen molar-refractivity contribution in [1.29, 1.82) is 0 Å². The van der Waals surface area contributed by atoms with E-state index in [-0.39, 0.29) is 26.9 Å². The second kappa shape index (κ2) is 8.50. The van der Waals surface area contributed by atoms with Crippen LogP contribution >= 0.6 is 15.9 Å². The standard InChI is InChI=1S/C21H17BrN2O6S/c1-11-6-14-9-16(31(28,29)30)10-17(19(14)18(25)7-11)24-21(27)13-4-3-5-15(8-13)23-20(26)12(2)22/h3-10,25H,2H2,1H3,(H,23,26)(H,24,27)(H,28,29,30). The highest BCUT2D eigenvalue weighted by molar-refractivity contribution is 9.12.